The molecule has 1 heterocycles. The van der Waals surface area contributed by atoms with Crippen LogP contribution in [0.25, 0.3) is 0 Å². The van der Waals surface area contributed by atoms with Crippen LogP contribution in [0.4, 0.5) is 0 Å². The van der Waals surface area contributed by atoms with Crippen molar-refractivity contribution in [2.75, 3.05) is 13.2 Å². The molecule has 2 N–H and O–H groups in total. The predicted octanol–water partition coefficient (Wildman–Crippen LogP) is 1.54. The first-order valence-corrected chi connectivity index (χ1v) is 5.77. The molecule has 1 aromatic heterocycles. The van der Waals surface area contributed by atoms with Crippen molar-refractivity contribution >= 4 is 23.5 Å². The third-order valence-electron chi connectivity index (χ3n) is 2.09. The zero-order valence-electron chi connectivity index (χ0n) is 9.81. The zero-order chi connectivity index (χ0) is 13.5. The van der Waals surface area contributed by atoms with Crippen molar-refractivity contribution in [3.8, 4) is 0 Å². The number of carboxylic acids is 1. The molecule has 0 aliphatic rings. The van der Waals surface area contributed by atoms with Gasteiger partial charge in [0.2, 0.25) is 0 Å². The van der Waals surface area contributed by atoms with E-state index in [1.165, 1.54) is 12.1 Å². The number of rotatable bonds is 7. The van der Waals surface area contributed by atoms with Gasteiger partial charge in [-0.3, -0.25) is 9.59 Å². The summed E-state index contributed by atoms with van der Waals surface area (Å²) in [6, 6.07) is 2.89. The highest BCUT2D eigenvalue weighted by Gasteiger charge is 2.16. The number of furan rings is 1. The molecular formula is C11H14ClNO5. The van der Waals surface area contributed by atoms with Crippen LogP contribution in [0.1, 0.15) is 23.9 Å². The summed E-state index contributed by atoms with van der Waals surface area (Å²) in [6.07, 6.45) is -0.741. The van der Waals surface area contributed by atoms with Crippen molar-refractivity contribution in [1.29, 1.82) is 0 Å². The molecule has 0 aromatic carbocycles. The van der Waals surface area contributed by atoms with Gasteiger partial charge in [0, 0.05) is 13.2 Å². The van der Waals surface area contributed by atoms with Crippen LogP contribution in [0.2, 0.25) is 5.22 Å². The number of carbonyl (C=O) groups excluding carboxylic acids is 1. The lowest BCUT2D eigenvalue weighted by molar-refractivity contribution is -0.140. The van der Waals surface area contributed by atoms with Gasteiger partial charge in [0.05, 0.1) is 12.5 Å². The molecule has 0 saturated heterocycles. The Kier molecular flexibility index (Phi) is 5.67. The number of halogens is 1. The van der Waals surface area contributed by atoms with Gasteiger partial charge in [-0.2, -0.15) is 0 Å². The van der Waals surface area contributed by atoms with E-state index in [1.54, 1.807) is 6.92 Å². The topological polar surface area (TPSA) is 88.8 Å². The van der Waals surface area contributed by atoms with Crippen molar-refractivity contribution in [1.82, 2.24) is 5.32 Å². The van der Waals surface area contributed by atoms with Crippen LogP contribution in [-0.2, 0) is 9.53 Å². The Morgan fingerprint density at radius 3 is 2.78 bits per heavy atom. The van der Waals surface area contributed by atoms with Crippen molar-refractivity contribution < 1.29 is 23.8 Å². The number of nitrogens with one attached hydrogen (secondary N) is 1. The number of hydrogen-bond donors (Lipinski definition) is 2. The molecule has 0 radical (unpaired) electrons. The number of aliphatic carboxylic acids is 1. The van der Waals surface area contributed by atoms with Crippen LogP contribution >= 0.6 is 11.6 Å². The highest BCUT2D eigenvalue weighted by Crippen LogP contribution is 2.12. The fourth-order valence-corrected chi connectivity index (χ4v) is 1.50. The summed E-state index contributed by atoms with van der Waals surface area (Å²) in [5.41, 5.74) is 0. The standard InChI is InChI=1S/C11H14ClNO5/c1-2-17-7(5-10(14)15)6-13-11(16)8-3-4-9(12)18-8/h3-4,7H,2,5-6H2,1H3,(H,13,16)(H,14,15). The van der Waals surface area contributed by atoms with Gasteiger partial charge in [-0.25, -0.2) is 0 Å². The molecule has 0 aliphatic carbocycles. The summed E-state index contributed by atoms with van der Waals surface area (Å²) in [6.45, 7) is 2.22. The van der Waals surface area contributed by atoms with E-state index in [4.69, 9.17) is 25.9 Å². The van der Waals surface area contributed by atoms with Crippen LogP contribution < -0.4 is 5.32 Å². The lowest BCUT2D eigenvalue weighted by Gasteiger charge is -2.15. The van der Waals surface area contributed by atoms with E-state index >= 15 is 0 Å². The Morgan fingerprint density at radius 1 is 1.56 bits per heavy atom. The van der Waals surface area contributed by atoms with Crippen molar-refractivity contribution in [3.63, 3.8) is 0 Å². The number of carboxylic acid groups (broad SMARTS) is 1. The van der Waals surface area contributed by atoms with Gasteiger partial charge < -0.3 is 19.6 Å². The Bertz CT molecular complexity index is 417. The van der Waals surface area contributed by atoms with E-state index in [0.717, 1.165) is 0 Å². The Hall–Kier alpha value is -1.53. The van der Waals surface area contributed by atoms with Crippen LogP contribution in [0, 0.1) is 0 Å². The van der Waals surface area contributed by atoms with Crippen molar-refractivity contribution in [2.45, 2.75) is 19.4 Å². The normalized spacial score (nSPS) is 12.1. The molecule has 0 spiro atoms. The summed E-state index contributed by atoms with van der Waals surface area (Å²) in [5.74, 6) is -1.37. The lowest BCUT2D eigenvalue weighted by atomic mass is 10.2. The fraction of sp³-hybridized carbons (Fsp3) is 0.455. The van der Waals surface area contributed by atoms with Crippen LogP contribution in [0.15, 0.2) is 16.5 Å². The predicted molar refractivity (Wildman–Crippen MR) is 63.7 cm³/mol. The Balaban J connectivity index is 2.46. The Morgan fingerprint density at radius 2 is 2.28 bits per heavy atom. The van der Waals surface area contributed by atoms with Gasteiger partial charge in [0.1, 0.15) is 0 Å². The summed E-state index contributed by atoms with van der Waals surface area (Å²) < 4.78 is 10.1. The highest BCUT2D eigenvalue weighted by molar-refractivity contribution is 6.29. The van der Waals surface area contributed by atoms with Crippen LogP contribution in [-0.4, -0.2) is 36.2 Å². The maximum absolute atomic E-state index is 11.6. The smallest absolute Gasteiger partial charge is 0.306 e. The molecule has 18 heavy (non-hydrogen) atoms. The number of carbonyl (C=O) groups is 2. The summed E-state index contributed by atoms with van der Waals surface area (Å²) in [7, 11) is 0. The molecular weight excluding hydrogens is 262 g/mol. The highest BCUT2D eigenvalue weighted by atomic mass is 35.5. The second-order valence-corrected chi connectivity index (χ2v) is 3.86. The van der Waals surface area contributed by atoms with Gasteiger partial charge >= 0.3 is 5.97 Å². The SMILES string of the molecule is CCOC(CNC(=O)c1ccc(Cl)o1)CC(=O)O. The molecule has 1 amide bonds. The monoisotopic (exact) mass is 275 g/mol. The molecule has 0 saturated carbocycles. The average Bonchev–Trinajstić information content (AvgIpc) is 2.72. The van der Waals surface area contributed by atoms with Gasteiger partial charge in [0.15, 0.2) is 11.0 Å². The van der Waals surface area contributed by atoms with Crippen LogP contribution in [0.3, 0.4) is 0 Å². The molecule has 1 aromatic rings. The summed E-state index contributed by atoms with van der Waals surface area (Å²) in [5, 5.41) is 11.3. The maximum atomic E-state index is 11.6. The van der Waals surface area contributed by atoms with E-state index in [0.29, 0.717) is 6.61 Å². The van der Waals surface area contributed by atoms with Gasteiger partial charge in [0.25, 0.3) is 5.91 Å². The lowest BCUT2D eigenvalue weighted by Crippen LogP contribution is -2.34. The maximum Gasteiger partial charge on any atom is 0.306 e. The molecule has 0 fully saturated rings. The van der Waals surface area contributed by atoms with E-state index in [1.807, 2.05) is 0 Å². The average molecular weight is 276 g/mol. The van der Waals surface area contributed by atoms with Crippen molar-refractivity contribution in [2.24, 2.45) is 0 Å². The van der Waals surface area contributed by atoms with Gasteiger partial charge in [-0.1, -0.05) is 0 Å². The Labute approximate surface area is 109 Å². The number of hydrogen-bond acceptors (Lipinski definition) is 4. The minimum Gasteiger partial charge on any atom is -0.481 e. The summed E-state index contributed by atoms with van der Waals surface area (Å²) in [4.78, 5) is 22.2. The molecule has 6 nitrogen and oxygen atoms in total. The second kappa shape index (κ2) is 7.03. The molecule has 0 bridgehead atoms. The quantitative estimate of drug-likeness (QED) is 0.788. The fourth-order valence-electron chi connectivity index (χ4n) is 1.35. The number of amides is 1. The minimum absolute atomic E-state index is 0.0746. The second-order valence-electron chi connectivity index (χ2n) is 3.49. The third kappa shape index (κ3) is 4.77. The minimum atomic E-state index is -0.983. The van der Waals surface area contributed by atoms with Gasteiger partial charge in [-0.15, -0.1) is 0 Å². The first-order valence-electron chi connectivity index (χ1n) is 5.39. The van der Waals surface area contributed by atoms with E-state index in [9.17, 15) is 9.59 Å². The largest absolute Gasteiger partial charge is 0.481 e. The van der Waals surface area contributed by atoms with E-state index < -0.39 is 18.0 Å². The zero-order valence-corrected chi connectivity index (χ0v) is 10.6. The van der Waals surface area contributed by atoms with E-state index in [2.05, 4.69) is 5.32 Å². The van der Waals surface area contributed by atoms with Crippen molar-refractivity contribution in [3.05, 3.63) is 23.1 Å². The summed E-state index contributed by atoms with van der Waals surface area (Å²) >= 11 is 5.54. The van der Waals surface area contributed by atoms with Crippen LogP contribution in [0.5, 0.6) is 0 Å². The first kappa shape index (κ1) is 14.5. The third-order valence-corrected chi connectivity index (χ3v) is 2.30. The molecule has 1 rings (SSSR count). The molecule has 1 atom stereocenters. The molecule has 1 unspecified atom stereocenters. The number of ether oxygens (including phenoxy) is 1. The molecule has 100 valence electrons. The van der Waals surface area contributed by atoms with Gasteiger partial charge in [-0.05, 0) is 30.7 Å². The van der Waals surface area contributed by atoms with E-state index in [-0.39, 0.29) is 23.9 Å². The first-order chi connectivity index (χ1) is 8.52. The molecule has 0 aliphatic heterocycles. The molecule has 7 heteroatoms.